The number of hydrogen-bond acceptors (Lipinski definition) is 3. The number of nitrogens with one attached hydrogen (secondary N) is 2. The molecule has 1 fully saturated rings. The summed E-state index contributed by atoms with van der Waals surface area (Å²) < 4.78 is 5.34. The molecule has 2 atom stereocenters. The van der Waals surface area contributed by atoms with E-state index in [1.54, 1.807) is 0 Å². The van der Waals surface area contributed by atoms with Crippen molar-refractivity contribution in [1.29, 1.82) is 0 Å². The lowest BCUT2D eigenvalue weighted by atomic mass is 10.0. The van der Waals surface area contributed by atoms with Gasteiger partial charge in [-0.1, -0.05) is 13.8 Å². The maximum atomic E-state index is 11.8. The van der Waals surface area contributed by atoms with Gasteiger partial charge in [0, 0.05) is 18.7 Å². The number of hydrogen-bond donors (Lipinski definition) is 2. The summed E-state index contributed by atoms with van der Waals surface area (Å²) in [6.45, 7) is 10.4. The largest absolute Gasteiger partial charge is 0.379 e. The molecule has 1 aliphatic heterocycles. The van der Waals surface area contributed by atoms with Gasteiger partial charge >= 0.3 is 0 Å². The molecule has 1 aliphatic rings. The van der Waals surface area contributed by atoms with Crippen LogP contribution in [0.15, 0.2) is 0 Å². The van der Waals surface area contributed by atoms with Gasteiger partial charge < -0.3 is 10.1 Å². The van der Waals surface area contributed by atoms with Crippen LogP contribution in [0.4, 0.5) is 0 Å². The van der Waals surface area contributed by atoms with Crippen LogP contribution in [0.2, 0.25) is 0 Å². The van der Waals surface area contributed by atoms with Crippen molar-refractivity contribution in [2.45, 2.75) is 45.7 Å². The van der Waals surface area contributed by atoms with Crippen LogP contribution < -0.4 is 10.6 Å². The zero-order chi connectivity index (χ0) is 12.2. The lowest BCUT2D eigenvalue weighted by molar-refractivity contribution is -0.123. The van der Waals surface area contributed by atoms with Crippen LogP contribution in [-0.4, -0.2) is 37.2 Å². The highest BCUT2D eigenvalue weighted by Gasteiger charge is 2.32. The first-order valence-corrected chi connectivity index (χ1v) is 6.06. The van der Waals surface area contributed by atoms with Gasteiger partial charge in [0.1, 0.15) is 0 Å². The molecule has 1 heterocycles. The van der Waals surface area contributed by atoms with Crippen LogP contribution in [0.25, 0.3) is 0 Å². The van der Waals surface area contributed by atoms with Gasteiger partial charge in [-0.15, -0.1) is 0 Å². The molecule has 1 saturated heterocycles. The van der Waals surface area contributed by atoms with Crippen molar-refractivity contribution in [3.63, 3.8) is 0 Å². The number of ether oxygens (including phenoxy) is 1. The van der Waals surface area contributed by atoms with E-state index in [2.05, 4.69) is 31.4 Å². The highest BCUT2D eigenvalue weighted by atomic mass is 16.5. The predicted octanol–water partition coefficient (Wildman–Crippen LogP) is 0.916. The molecule has 0 bridgehead atoms. The molecule has 0 aliphatic carbocycles. The Labute approximate surface area is 98.1 Å². The fourth-order valence-corrected chi connectivity index (χ4v) is 1.83. The zero-order valence-corrected chi connectivity index (χ0v) is 10.8. The molecular weight excluding hydrogens is 204 g/mol. The molecule has 4 nitrogen and oxygen atoms in total. The molecule has 4 heteroatoms. The third-order valence-corrected chi connectivity index (χ3v) is 2.86. The third-order valence-electron chi connectivity index (χ3n) is 2.86. The average molecular weight is 228 g/mol. The van der Waals surface area contributed by atoms with E-state index in [1.165, 1.54) is 0 Å². The fraction of sp³-hybridized carbons (Fsp3) is 0.917. The van der Waals surface area contributed by atoms with Crippen LogP contribution in [0, 0.1) is 5.92 Å². The first-order valence-electron chi connectivity index (χ1n) is 6.06. The molecule has 2 N–H and O–H groups in total. The van der Waals surface area contributed by atoms with Crippen LogP contribution in [-0.2, 0) is 9.53 Å². The Kier molecular flexibility index (Phi) is 4.74. The Morgan fingerprint density at radius 1 is 1.44 bits per heavy atom. The first-order chi connectivity index (χ1) is 7.43. The third kappa shape index (κ3) is 4.10. The fourth-order valence-electron chi connectivity index (χ4n) is 1.83. The van der Waals surface area contributed by atoms with E-state index in [9.17, 15) is 4.79 Å². The monoisotopic (exact) mass is 228 g/mol. The molecule has 2 unspecified atom stereocenters. The Balaban J connectivity index is 2.33. The summed E-state index contributed by atoms with van der Waals surface area (Å²) in [4.78, 5) is 11.8. The Morgan fingerprint density at radius 3 is 2.62 bits per heavy atom. The normalized spacial score (nSPS) is 27.1. The first kappa shape index (κ1) is 13.5. The van der Waals surface area contributed by atoms with Crippen LogP contribution in [0.3, 0.4) is 0 Å². The number of rotatable bonds is 5. The lowest BCUT2D eigenvalue weighted by Crippen LogP contribution is -2.53. The van der Waals surface area contributed by atoms with Crippen LogP contribution in [0.5, 0.6) is 0 Å². The standard InChI is InChI=1S/C12H24N2O2/c1-9(2)7-13-11(15)10(3)14-12(4)5-6-16-8-12/h9-10,14H,5-8H2,1-4H3,(H,13,15). The summed E-state index contributed by atoms with van der Waals surface area (Å²) in [6.07, 6.45) is 0.967. The van der Waals surface area contributed by atoms with Gasteiger partial charge in [-0.2, -0.15) is 0 Å². The Bertz CT molecular complexity index is 235. The van der Waals surface area contributed by atoms with E-state index >= 15 is 0 Å². The zero-order valence-electron chi connectivity index (χ0n) is 10.8. The molecule has 0 aromatic rings. The van der Waals surface area contributed by atoms with E-state index in [1.807, 2.05) is 6.92 Å². The topological polar surface area (TPSA) is 50.4 Å². The van der Waals surface area contributed by atoms with Gasteiger partial charge in [0.25, 0.3) is 0 Å². The highest BCUT2D eigenvalue weighted by Crippen LogP contribution is 2.18. The predicted molar refractivity (Wildman–Crippen MR) is 64.3 cm³/mol. The second kappa shape index (κ2) is 5.64. The van der Waals surface area contributed by atoms with Crippen molar-refractivity contribution in [1.82, 2.24) is 10.6 Å². The van der Waals surface area contributed by atoms with Gasteiger partial charge in [-0.3, -0.25) is 10.1 Å². The molecule has 16 heavy (non-hydrogen) atoms. The van der Waals surface area contributed by atoms with Gasteiger partial charge in [0.2, 0.25) is 5.91 Å². The van der Waals surface area contributed by atoms with E-state index in [0.717, 1.165) is 19.6 Å². The summed E-state index contributed by atoms with van der Waals surface area (Å²) in [5.41, 5.74) is -0.0470. The van der Waals surface area contributed by atoms with Crippen LogP contribution >= 0.6 is 0 Å². The van der Waals surface area contributed by atoms with Gasteiger partial charge in [-0.25, -0.2) is 0 Å². The van der Waals surface area contributed by atoms with Gasteiger partial charge in [0.05, 0.1) is 12.6 Å². The molecule has 0 spiro atoms. The molecule has 1 rings (SSSR count). The molecular formula is C12H24N2O2. The minimum Gasteiger partial charge on any atom is -0.379 e. The number of amides is 1. The second-order valence-corrected chi connectivity index (χ2v) is 5.37. The average Bonchev–Trinajstić information content (AvgIpc) is 2.61. The van der Waals surface area contributed by atoms with Crippen molar-refractivity contribution in [2.24, 2.45) is 5.92 Å². The minimum absolute atomic E-state index is 0.0470. The summed E-state index contributed by atoms with van der Waals surface area (Å²) >= 11 is 0. The smallest absolute Gasteiger partial charge is 0.236 e. The molecule has 0 aromatic carbocycles. The quantitative estimate of drug-likeness (QED) is 0.735. The Hall–Kier alpha value is -0.610. The lowest BCUT2D eigenvalue weighted by Gasteiger charge is -2.27. The molecule has 0 radical (unpaired) electrons. The molecule has 0 aromatic heterocycles. The summed E-state index contributed by atoms with van der Waals surface area (Å²) in [5.74, 6) is 0.559. The van der Waals surface area contributed by atoms with E-state index in [-0.39, 0.29) is 17.5 Å². The second-order valence-electron chi connectivity index (χ2n) is 5.37. The molecule has 1 amide bonds. The molecule has 0 saturated carbocycles. The summed E-state index contributed by atoms with van der Waals surface area (Å²) in [7, 11) is 0. The Morgan fingerprint density at radius 2 is 2.12 bits per heavy atom. The van der Waals surface area contributed by atoms with Crippen molar-refractivity contribution < 1.29 is 9.53 Å². The number of carbonyl (C=O) groups excluding carboxylic acids is 1. The van der Waals surface area contributed by atoms with Crippen molar-refractivity contribution in [3.05, 3.63) is 0 Å². The van der Waals surface area contributed by atoms with Crippen molar-refractivity contribution in [2.75, 3.05) is 19.8 Å². The van der Waals surface area contributed by atoms with Crippen LogP contribution in [0.1, 0.15) is 34.1 Å². The SMILES string of the molecule is CC(C)CNC(=O)C(C)NC1(C)CCOC1. The summed E-state index contributed by atoms with van der Waals surface area (Å²) in [5, 5.41) is 6.27. The maximum Gasteiger partial charge on any atom is 0.236 e. The number of carbonyl (C=O) groups is 1. The van der Waals surface area contributed by atoms with E-state index < -0.39 is 0 Å². The minimum atomic E-state index is -0.162. The molecule has 94 valence electrons. The van der Waals surface area contributed by atoms with Gasteiger partial charge in [0.15, 0.2) is 0 Å². The van der Waals surface area contributed by atoms with E-state index in [0.29, 0.717) is 12.5 Å². The van der Waals surface area contributed by atoms with Gasteiger partial charge in [-0.05, 0) is 26.2 Å². The van der Waals surface area contributed by atoms with Crippen molar-refractivity contribution >= 4 is 5.91 Å². The summed E-state index contributed by atoms with van der Waals surface area (Å²) in [6, 6.07) is -0.162. The highest BCUT2D eigenvalue weighted by molar-refractivity contribution is 5.81. The maximum absolute atomic E-state index is 11.8. The van der Waals surface area contributed by atoms with E-state index in [4.69, 9.17) is 4.74 Å². The van der Waals surface area contributed by atoms with Crippen molar-refractivity contribution in [3.8, 4) is 0 Å².